The Morgan fingerprint density at radius 2 is 1.63 bits per heavy atom. The molecule has 0 unspecified atom stereocenters. The largest absolute Gasteiger partial charge is 0.481 e. The number of rotatable bonds is 13. The first-order chi connectivity index (χ1) is 14.2. The lowest BCUT2D eigenvalue weighted by Gasteiger charge is -2.18. The smallest absolute Gasteiger partial charge is 0.347 e. The van der Waals surface area contributed by atoms with E-state index < -0.39 is 61.6 Å². The third-order valence-corrected chi connectivity index (χ3v) is 3.67. The molecular weight excluding hydrogens is 400 g/mol. The molecule has 0 aliphatic carbocycles. The molecule has 0 radical (unpaired) electrons. The molecule has 1 N–H and O–H groups in total. The van der Waals surface area contributed by atoms with Crippen molar-refractivity contribution in [3.8, 4) is 0 Å². The summed E-state index contributed by atoms with van der Waals surface area (Å²) >= 11 is 0. The van der Waals surface area contributed by atoms with Gasteiger partial charge in [0.15, 0.2) is 24.6 Å². The van der Waals surface area contributed by atoms with Gasteiger partial charge >= 0.3 is 23.9 Å². The normalized spacial score (nSPS) is 13.4. The van der Waals surface area contributed by atoms with Gasteiger partial charge in [-0.3, -0.25) is 14.4 Å². The topological polar surface area (TPSA) is 142 Å². The Bertz CT molecular complexity index is 730. The SMILES string of the molecule is C[C@H](OC[C@@H](C=O)OC(=O)CCC(=O)O)C(=O)O[C@@H](C)C(=O)OCc1ccccc1. The van der Waals surface area contributed by atoms with Crippen molar-refractivity contribution in [1.29, 1.82) is 0 Å². The molecule has 1 aromatic carbocycles. The first kappa shape index (κ1) is 24.8. The predicted molar refractivity (Wildman–Crippen MR) is 100 cm³/mol. The van der Waals surface area contributed by atoms with Crippen LogP contribution in [0.4, 0.5) is 0 Å². The zero-order valence-corrected chi connectivity index (χ0v) is 16.6. The number of esters is 3. The van der Waals surface area contributed by atoms with Gasteiger partial charge in [0.2, 0.25) is 0 Å². The lowest BCUT2D eigenvalue weighted by atomic mass is 10.2. The number of carbonyl (C=O) groups excluding carboxylic acids is 4. The average molecular weight is 424 g/mol. The molecule has 10 nitrogen and oxygen atoms in total. The van der Waals surface area contributed by atoms with Gasteiger partial charge in [-0.05, 0) is 19.4 Å². The molecular formula is C20H24O10. The van der Waals surface area contributed by atoms with Gasteiger partial charge in [0.1, 0.15) is 6.61 Å². The van der Waals surface area contributed by atoms with Crippen LogP contribution in [0.1, 0.15) is 32.3 Å². The fourth-order valence-electron chi connectivity index (χ4n) is 2.01. The fourth-order valence-corrected chi connectivity index (χ4v) is 2.01. The zero-order valence-electron chi connectivity index (χ0n) is 16.6. The molecule has 0 heterocycles. The summed E-state index contributed by atoms with van der Waals surface area (Å²) in [5, 5.41) is 8.51. The Kier molecular flexibility index (Phi) is 10.8. The van der Waals surface area contributed by atoms with Crippen LogP contribution in [0.5, 0.6) is 0 Å². The molecule has 0 bridgehead atoms. The van der Waals surface area contributed by atoms with Crippen molar-refractivity contribution in [2.24, 2.45) is 0 Å². The summed E-state index contributed by atoms with van der Waals surface area (Å²) in [5.74, 6) is -3.68. The molecule has 0 aromatic heterocycles. The van der Waals surface area contributed by atoms with Crippen LogP contribution in [0.15, 0.2) is 30.3 Å². The standard InChI is InChI=1S/C20H24O10/c1-13(27-12-16(10-21)30-18(24)9-8-17(22)23)20(26)29-14(2)19(25)28-11-15-6-4-3-5-7-15/h3-7,10,13-14,16H,8-9,11-12H2,1-2H3,(H,22,23)/t13-,14-,16+/m0/s1. The van der Waals surface area contributed by atoms with Crippen molar-refractivity contribution in [2.75, 3.05) is 6.61 Å². The van der Waals surface area contributed by atoms with Gasteiger partial charge in [0, 0.05) is 0 Å². The number of carbonyl (C=O) groups is 5. The number of hydrogen-bond acceptors (Lipinski definition) is 9. The van der Waals surface area contributed by atoms with E-state index in [1.807, 2.05) is 6.07 Å². The zero-order chi connectivity index (χ0) is 22.5. The van der Waals surface area contributed by atoms with Crippen LogP contribution in [-0.2, 0) is 49.5 Å². The van der Waals surface area contributed by atoms with E-state index in [1.165, 1.54) is 13.8 Å². The molecule has 10 heteroatoms. The monoisotopic (exact) mass is 424 g/mol. The lowest BCUT2D eigenvalue weighted by Crippen LogP contribution is -2.34. The van der Waals surface area contributed by atoms with E-state index in [1.54, 1.807) is 24.3 Å². The maximum Gasteiger partial charge on any atom is 0.347 e. The third kappa shape index (κ3) is 9.78. The van der Waals surface area contributed by atoms with E-state index >= 15 is 0 Å². The van der Waals surface area contributed by atoms with Crippen molar-refractivity contribution in [1.82, 2.24) is 0 Å². The molecule has 1 aromatic rings. The highest BCUT2D eigenvalue weighted by Gasteiger charge is 2.25. The summed E-state index contributed by atoms with van der Waals surface area (Å²) in [4.78, 5) is 56.8. The second-order valence-electron chi connectivity index (χ2n) is 6.21. The molecule has 0 saturated heterocycles. The van der Waals surface area contributed by atoms with E-state index in [4.69, 9.17) is 24.1 Å². The number of aliphatic carboxylic acids is 1. The third-order valence-electron chi connectivity index (χ3n) is 3.67. The van der Waals surface area contributed by atoms with Crippen molar-refractivity contribution < 1.29 is 48.0 Å². The summed E-state index contributed by atoms with van der Waals surface area (Å²) < 4.78 is 19.9. The van der Waals surface area contributed by atoms with Crippen molar-refractivity contribution >= 4 is 30.2 Å². The first-order valence-corrected chi connectivity index (χ1v) is 9.12. The molecule has 1 rings (SSSR count). The number of aldehydes is 1. The van der Waals surface area contributed by atoms with Crippen LogP contribution in [0.3, 0.4) is 0 Å². The van der Waals surface area contributed by atoms with Crippen LogP contribution < -0.4 is 0 Å². The van der Waals surface area contributed by atoms with Crippen LogP contribution in [-0.4, -0.2) is 60.2 Å². The quantitative estimate of drug-likeness (QED) is 0.277. The lowest BCUT2D eigenvalue weighted by molar-refractivity contribution is -0.176. The van der Waals surface area contributed by atoms with Gasteiger partial charge in [0.05, 0.1) is 19.4 Å². The van der Waals surface area contributed by atoms with Gasteiger partial charge < -0.3 is 24.1 Å². The number of ether oxygens (including phenoxy) is 4. The number of carboxylic acid groups (broad SMARTS) is 1. The van der Waals surface area contributed by atoms with Crippen LogP contribution in [0.25, 0.3) is 0 Å². The van der Waals surface area contributed by atoms with Crippen LogP contribution in [0.2, 0.25) is 0 Å². The second-order valence-corrected chi connectivity index (χ2v) is 6.21. The van der Waals surface area contributed by atoms with Crippen molar-refractivity contribution in [3.63, 3.8) is 0 Å². The molecule has 0 amide bonds. The van der Waals surface area contributed by atoms with Gasteiger partial charge in [-0.1, -0.05) is 30.3 Å². The van der Waals surface area contributed by atoms with Gasteiger partial charge in [0.25, 0.3) is 0 Å². The minimum absolute atomic E-state index is 0.0296. The summed E-state index contributed by atoms with van der Waals surface area (Å²) in [6, 6.07) is 8.96. The highest BCUT2D eigenvalue weighted by atomic mass is 16.6. The number of hydrogen-bond donors (Lipinski definition) is 1. The van der Waals surface area contributed by atoms with E-state index in [2.05, 4.69) is 0 Å². The average Bonchev–Trinajstić information content (AvgIpc) is 2.73. The van der Waals surface area contributed by atoms with E-state index in [0.29, 0.717) is 6.29 Å². The van der Waals surface area contributed by atoms with E-state index in [0.717, 1.165) is 5.56 Å². The fraction of sp³-hybridized carbons (Fsp3) is 0.450. The van der Waals surface area contributed by atoms with Crippen LogP contribution >= 0.6 is 0 Å². The molecule has 0 spiro atoms. The first-order valence-electron chi connectivity index (χ1n) is 9.12. The second kappa shape index (κ2) is 13.0. The predicted octanol–water partition coefficient (Wildman–Crippen LogP) is 1.04. The minimum Gasteiger partial charge on any atom is -0.481 e. The van der Waals surface area contributed by atoms with Gasteiger partial charge in [-0.15, -0.1) is 0 Å². The van der Waals surface area contributed by atoms with Crippen molar-refractivity contribution in [2.45, 2.75) is 51.6 Å². The molecule has 0 fully saturated rings. The maximum absolute atomic E-state index is 12.0. The van der Waals surface area contributed by atoms with Crippen molar-refractivity contribution in [3.05, 3.63) is 35.9 Å². The molecule has 164 valence electrons. The Labute approximate surface area is 173 Å². The Morgan fingerprint density at radius 3 is 2.23 bits per heavy atom. The number of carboxylic acids is 1. The Hall–Kier alpha value is -3.27. The van der Waals surface area contributed by atoms with Gasteiger partial charge in [-0.25, -0.2) is 9.59 Å². The van der Waals surface area contributed by atoms with E-state index in [-0.39, 0.29) is 6.61 Å². The highest BCUT2D eigenvalue weighted by molar-refractivity contribution is 5.81. The van der Waals surface area contributed by atoms with E-state index in [9.17, 15) is 24.0 Å². The summed E-state index contributed by atoms with van der Waals surface area (Å²) in [6.07, 6.45) is -4.20. The van der Waals surface area contributed by atoms with Crippen LogP contribution in [0, 0.1) is 0 Å². The summed E-state index contributed by atoms with van der Waals surface area (Å²) in [5.41, 5.74) is 0.777. The molecule has 0 aliphatic rings. The minimum atomic E-state index is -1.31. The molecule has 3 atom stereocenters. The Morgan fingerprint density at radius 1 is 0.967 bits per heavy atom. The Balaban J connectivity index is 2.37. The number of benzene rings is 1. The molecule has 0 aliphatic heterocycles. The summed E-state index contributed by atoms with van der Waals surface area (Å²) in [6.45, 7) is 2.27. The van der Waals surface area contributed by atoms with Gasteiger partial charge in [-0.2, -0.15) is 0 Å². The molecule has 0 saturated carbocycles. The maximum atomic E-state index is 12.0. The summed E-state index contributed by atoms with van der Waals surface area (Å²) in [7, 11) is 0. The highest BCUT2D eigenvalue weighted by Crippen LogP contribution is 2.06. The molecule has 30 heavy (non-hydrogen) atoms.